The first-order valence-electron chi connectivity index (χ1n) is 6.44. The first-order valence-corrected chi connectivity index (χ1v) is 7.92. The molecule has 1 aromatic heterocycles. The highest BCUT2D eigenvalue weighted by atomic mass is 32.2. The van der Waals surface area contributed by atoms with Crippen molar-refractivity contribution in [3.05, 3.63) is 52.4 Å². The van der Waals surface area contributed by atoms with Gasteiger partial charge in [-0.1, -0.05) is 18.2 Å². The van der Waals surface area contributed by atoms with Crippen LogP contribution in [-0.4, -0.2) is 19.0 Å². The largest absolute Gasteiger partial charge is 0.421 e. The lowest BCUT2D eigenvalue weighted by molar-refractivity contribution is -0.132. The summed E-state index contributed by atoms with van der Waals surface area (Å²) in [5, 5.41) is 0. The molecule has 0 aliphatic heterocycles. The summed E-state index contributed by atoms with van der Waals surface area (Å²) < 4.78 is 31.4. The number of rotatable bonds is 3. The van der Waals surface area contributed by atoms with E-state index in [9.17, 15) is 18.0 Å². The summed E-state index contributed by atoms with van der Waals surface area (Å²) in [6, 6.07) is 8.95. The fourth-order valence-electron chi connectivity index (χ4n) is 1.99. The number of nitrogens with zero attached hydrogens (tertiary/aromatic N) is 1. The summed E-state index contributed by atoms with van der Waals surface area (Å²) in [6.07, 6.45) is 0. The summed E-state index contributed by atoms with van der Waals surface area (Å²) in [5.74, 6) is -1.00. The van der Waals surface area contributed by atoms with Crippen LogP contribution in [0.4, 0.5) is 0 Å². The highest BCUT2D eigenvalue weighted by Gasteiger charge is 2.24. The lowest BCUT2D eigenvalue weighted by Crippen LogP contribution is -2.25. The van der Waals surface area contributed by atoms with Gasteiger partial charge >= 0.3 is 5.97 Å². The molecular formula is C15H15NO5S. The van der Waals surface area contributed by atoms with Gasteiger partial charge < -0.3 is 9.30 Å². The lowest BCUT2D eigenvalue weighted by Gasteiger charge is -2.13. The average molecular weight is 321 g/mol. The molecule has 6 nitrogen and oxygen atoms in total. The van der Waals surface area contributed by atoms with Crippen LogP contribution in [0.1, 0.15) is 12.6 Å². The van der Waals surface area contributed by atoms with Crippen LogP contribution in [0.25, 0.3) is 0 Å². The molecule has 1 aromatic carbocycles. The van der Waals surface area contributed by atoms with Crippen LogP contribution in [-0.2, 0) is 21.7 Å². The smallest absolute Gasteiger partial charge is 0.308 e. The summed E-state index contributed by atoms with van der Waals surface area (Å²) in [7, 11) is -2.39. The van der Waals surface area contributed by atoms with Crippen LogP contribution in [0.15, 0.2) is 51.0 Å². The Balaban J connectivity index is 2.73. The SMILES string of the molecule is CC(=O)Oc1cc(S(=O)(=O)c2ccccc2)c(C)n(C)c1=O. The van der Waals surface area contributed by atoms with Crippen molar-refractivity contribution in [2.24, 2.45) is 7.05 Å². The predicted molar refractivity (Wildman–Crippen MR) is 79.6 cm³/mol. The topological polar surface area (TPSA) is 82.4 Å². The normalized spacial score (nSPS) is 11.2. The Kier molecular flexibility index (Phi) is 4.18. The molecule has 0 fully saturated rings. The van der Waals surface area contributed by atoms with E-state index in [0.717, 1.165) is 17.6 Å². The maximum Gasteiger partial charge on any atom is 0.308 e. The Labute approximate surface area is 127 Å². The first kappa shape index (κ1) is 16.0. The van der Waals surface area contributed by atoms with Crippen molar-refractivity contribution in [3.8, 4) is 5.75 Å². The second-order valence-corrected chi connectivity index (χ2v) is 6.65. The molecule has 0 N–H and O–H groups in total. The molecule has 0 spiro atoms. The summed E-state index contributed by atoms with van der Waals surface area (Å²) in [4.78, 5) is 23.1. The standard InChI is InChI=1S/C15H15NO5S/c1-10-14(22(19,20)12-7-5-4-6-8-12)9-13(21-11(2)17)15(18)16(10)3/h4-9H,1-3H3. The molecule has 116 valence electrons. The molecule has 0 saturated carbocycles. The highest BCUT2D eigenvalue weighted by Crippen LogP contribution is 2.25. The Hall–Kier alpha value is -2.41. The molecule has 0 atom stereocenters. The number of hydrogen-bond acceptors (Lipinski definition) is 5. The van der Waals surface area contributed by atoms with E-state index in [1.54, 1.807) is 18.2 Å². The van der Waals surface area contributed by atoms with Gasteiger partial charge in [0, 0.05) is 25.7 Å². The minimum atomic E-state index is -3.82. The number of hydrogen-bond donors (Lipinski definition) is 0. The van der Waals surface area contributed by atoms with E-state index < -0.39 is 21.4 Å². The third-order valence-electron chi connectivity index (χ3n) is 3.23. The number of esters is 1. The van der Waals surface area contributed by atoms with Gasteiger partial charge in [0.1, 0.15) is 0 Å². The second-order valence-electron chi connectivity index (χ2n) is 4.73. The number of benzene rings is 1. The van der Waals surface area contributed by atoms with E-state index in [1.165, 1.54) is 26.1 Å². The molecule has 7 heteroatoms. The van der Waals surface area contributed by atoms with Gasteiger partial charge in [-0.05, 0) is 19.1 Å². The summed E-state index contributed by atoms with van der Waals surface area (Å²) in [6.45, 7) is 2.67. The van der Waals surface area contributed by atoms with Gasteiger partial charge in [-0.3, -0.25) is 9.59 Å². The number of carbonyl (C=O) groups is 1. The Bertz CT molecular complexity index is 882. The maximum absolute atomic E-state index is 12.7. The van der Waals surface area contributed by atoms with Crippen LogP contribution in [0, 0.1) is 6.92 Å². The predicted octanol–water partition coefficient (Wildman–Crippen LogP) is 1.45. The quantitative estimate of drug-likeness (QED) is 0.799. The summed E-state index contributed by atoms with van der Waals surface area (Å²) >= 11 is 0. The average Bonchev–Trinajstić information content (AvgIpc) is 2.48. The monoisotopic (exact) mass is 321 g/mol. The molecule has 0 saturated heterocycles. The van der Waals surface area contributed by atoms with E-state index in [0.29, 0.717) is 0 Å². The van der Waals surface area contributed by atoms with Crippen LogP contribution < -0.4 is 10.3 Å². The molecule has 0 amide bonds. The van der Waals surface area contributed by atoms with Gasteiger partial charge in [0.15, 0.2) is 5.75 Å². The molecule has 0 bridgehead atoms. The van der Waals surface area contributed by atoms with E-state index >= 15 is 0 Å². The first-order chi connectivity index (χ1) is 10.2. The third kappa shape index (κ3) is 2.80. The van der Waals surface area contributed by atoms with Crippen LogP contribution in [0.2, 0.25) is 0 Å². The van der Waals surface area contributed by atoms with E-state index in [2.05, 4.69) is 0 Å². The van der Waals surface area contributed by atoms with Crippen LogP contribution in [0.5, 0.6) is 5.75 Å². The number of aromatic nitrogens is 1. The van der Waals surface area contributed by atoms with Crippen LogP contribution in [0.3, 0.4) is 0 Å². The molecule has 22 heavy (non-hydrogen) atoms. The molecule has 0 radical (unpaired) electrons. The van der Waals surface area contributed by atoms with Crippen molar-refractivity contribution in [2.45, 2.75) is 23.6 Å². The van der Waals surface area contributed by atoms with Crippen LogP contribution >= 0.6 is 0 Å². The maximum atomic E-state index is 12.7. The highest BCUT2D eigenvalue weighted by molar-refractivity contribution is 7.91. The van der Waals surface area contributed by atoms with Crippen molar-refractivity contribution in [1.82, 2.24) is 4.57 Å². The van der Waals surface area contributed by atoms with Gasteiger partial charge in [-0.15, -0.1) is 0 Å². The zero-order chi connectivity index (χ0) is 16.5. The van der Waals surface area contributed by atoms with Crippen molar-refractivity contribution in [2.75, 3.05) is 0 Å². The number of sulfone groups is 1. The molecule has 0 aliphatic carbocycles. The van der Waals surface area contributed by atoms with Gasteiger partial charge in [0.2, 0.25) is 9.84 Å². The van der Waals surface area contributed by atoms with Crippen molar-refractivity contribution < 1.29 is 17.9 Å². The lowest BCUT2D eigenvalue weighted by atomic mass is 10.3. The molecular weight excluding hydrogens is 306 g/mol. The summed E-state index contributed by atoms with van der Waals surface area (Å²) in [5.41, 5.74) is -0.301. The minimum Gasteiger partial charge on any atom is -0.421 e. The molecule has 0 aliphatic rings. The van der Waals surface area contributed by atoms with Crippen molar-refractivity contribution in [1.29, 1.82) is 0 Å². The fraction of sp³-hybridized carbons (Fsp3) is 0.200. The Morgan fingerprint density at radius 2 is 1.77 bits per heavy atom. The molecule has 1 heterocycles. The van der Waals surface area contributed by atoms with Crippen molar-refractivity contribution >= 4 is 15.8 Å². The Morgan fingerprint density at radius 3 is 2.32 bits per heavy atom. The zero-order valence-corrected chi connectivity index (χ0v) is 13.2. The Morgan fingerprint density at radius 1 is 1.18 bits per heavy atom. The number of pyridine rings is 1. The minimum absolute atomic E-state index is 0.0722. The van der Waals surface area contributed by atoms with Gasteiger partial charge in [0.05, 0.1) is 9.79 Å². The van der Waals surface area contributed by atoms with Crippen molar-refractivity contribution in [3.63, 3.8) is 0 Å². The number of ether oxygens (including phenoxy) is 1. The van der Waals surface area contributed by atoms with E-state index in [4.69, 9.17) is 4.74 Å². The molecule has 2 rings (SSSR count). The fourth-order valence-corrected chi connectivity index (χ4v) is 3.55. The second kappa shape index (κ2) is 5.76. The van der Waals surface area contributed by atoms with Gasteiger partial charge in [-0.2, -0.15) is 0 Å². The molecule has 0 unspecified atom stereocenters. The van der Waals surface area contributed by atoms with E-state index in [1.807, 2.05) is 0 Å². The molecule has 2 aromatic rings. The van der Waals surface area contributed by atoms with Gasteiger partial charge in [0.25, 0.3) is 5.56 Å². The third-order valence-corrected chi connectivity index (χ3v) is 5.12. The van der Waals surface area contributed by atoms with E-state index in [-0.39, 0.29) is 21.2 Å². The number of carbonyl (C=O) groups excluding carboxylic acids is 1. The zero-order valence-electron chi connectivity index (χ0n) is 12.4. The van der Waals surface area contributed by atoms with Gasteiger partial charge in [-0.25, -0.2) is 8.42 Å².